The van der Waals surface area contributed by atoms with Gasteiger partial charge in [-0.05, 0) is 20.0 Å². The van der Waals surface area contributed by atoms with Gasteiger partial charge in [-0.1, -0.05) is 13.8 Å². The second-order valence-corrected chi connectivity index (χ2v) is 4.35. The lowest BCUT2D eigenvalue weighted by Crippen LogP contribution is -2.28. The molecule has 0 spiro atoms. The molecule has 0 aliphatic heterocycles. The minimum atomic E-state index is 0.381. The fourth-order valence-electron chi connectivity index (χ4n) is 1.83. The minimum absolute atomic E-state index is 0.381. The van der Waals surface area contributed by atoms with Crippen molar-refractivity contribution >= 4 is 5.82 Å². The first-order valence-electron chi connectivity index (χ1n) is 7.19. The summed E-state index contributed by atoms with van der Waals surface area (Å²) in [6.07, 6.45) is 0. The lowest BCUT2D eigenvalue weighted by molar-refractivity contribution is 0.175. The normalized spacial score (nSPS) is 10.8. The maximum absolute atomic E-state index is 5.73. The van der Waals surface area contributed by atoms with Gasteiger partial charge in [-0.3, -0.25) is 0 Å². The molecule has 0 radical (unpaired) electrons. The Morgan fingerprint density at radius 2 is 1.95 bits per heavy atom. The molecule has 0 saturated heterocycles. The van der Waals surface area contributed by atoms with E-state index in [9.17, 15) is 0 Å². The van der Waals surface area contributed by atoms with E-state index in [0.29, 0.717) is 24.9 Å². The molecule has 6 nitrogen and oxygen atoms in total. The van der Waals surface area contributed by atoms with Crippen molar-refractivity contribution in [3.05, 3.63) is 11.9 Å². The van der Waals surface area contributed by atoms with E-state index in [-0.39, 0.29) is 0 Å². The third-order valence-electron chi connectivity index (χ3n) is 2.93. The van der Waals surface area contributed by atoms with E-state index in [4.69, 9.17) is 9.47 Å². The van der Waals surface area contributed by atoms with Crippen LogP contribution in [0.3, 0.4) is 0 Å². The monoisotopic (exact) mass is 282 g/mol. The van der Waals surface area contributed by atoms with Gasteiger partial charge in [0.25, 0.3) is 0 Å². The zero-order valence-corrected chi connectivity index (χ0v) is 13.0. The summed E-state index contributed by atoms with van der Waals surface area (Å²) < 4.78 is 10.8. The van der Waals surface area contributed by atoms with E-state index >= 15 is 0 Å². The average molecular weight is 282 g/mol. The van der Waals surface area contributed by atoms with Gasteiger partial charge < -0.3 is 19.7 Å². The molecule has 0 unspecified atom stereocenters. The number of nitrogens with zero attached hydrogens (tertiary/aromatic N) is 3. The number of methoxy groups -OCH3 is 1. The van der Waals surface area contributed by atoms with Crippen molar-refractivity contribution in [2.45, 2.75) is 27.4 Å². The standard InChI is InChI=1S/C14H26N4O2/c1-5-15-12-10-14(17-13(16-12)11-19-4)20-9-8-18(6-2)7-3/h10H,5-9,11H2,1-4H3,(H,15,16,17). The van der Waals surface area contributed by atoms with Gasteiger partial charge >= 0.3 is 0 Å². The number of hydrogen-bond donors (Lipinski definition) is 1. The fraction of sp³-hybridized carbons (Fsp3) is 0.714. The summed E-state index contributed by atoms with van der Waals surface area (Å²) in [6.45, 7) is 11.1. The molecule has 0 atom stereocenters. The molecular formula is C14H26N4O2. The van der Waals surface area contributed by atoms with Crippen molar-refractivity contribution in [2.24, 2.45) is 0 Å². The summed E-state index contributed by atoms with van der Waals surface area (Å²) in [6, 6.07) is 1.82. The van der Waals surface area contributed by atoms with Crippen molar-refractivity contribution < 1.29 is 9.47 Å². The molecule has 0 aromatic carbocycles. The predicted octanol–water partition coefficient (Wildman–Crippen LogP) is 1.78. The number of ether oxygens (including phenoxy) is 2. The van der Waals surface area contributed by atoms with Crippen molar-refractivity contribution in [3.8, 4) is 5.88 Å². The molecule has 0 aliphatic rings. The van der Waals surface area contributed by atoms with Crippen LogP contribution in [0, 0.1) is 0 Å². The molecule has 0 saturated carbocycles. The highest BCUT2D eigenvalue weighted by Crippen LogP contribution is 2.14. The Hall–Kier alpha value is -1.40. The Bertz CT molecular complexity index is 359. The highest BCUT2D eigenvalue weighted by molar-refractivity contribution is 5.38. The van der Waals surface area contributed by atoms with E-state index in [1.807, 2.05) is 13.0 Å². The molecule has 1 rings (SSSR count). The van der Waals surface area contributed by atoms with Crippen LogP contribution < -0.4 is 10.1 Å². The van der Waals surface area contributed by atoms with E-state index in [1.165, 1.54) is 0 Å². The van der Waals surface area contributed by atoms with Gasteiger partial charge in [0.15, 0.2) is 5.82 Å². The van der Waals surface area contributed by atoms with Crippen LogP contribution in [0.25, 0.3) is 0 Å². The van der Waals surface area contributed by atoms with Crippen LogP contribution in [0.15, 0.2) is 6.07 Å². The van der Waals surface area contributed by atoms with Gasteiger partial charge in [-0.25, -0.2) is 4.98 Å². The Kier molecular flexibility index (Phi) is 7.91. The molecule has 1 N–H and O–H groups in total. The zero-order chi connectivity index (χ0) is 14.8. The Morgan fingerprint density at radius 3 is 2.55 bits per heavy atom. The number of nitrogens with one attached hydrogen (secondary N) is 1. The number of aromatic nitrogens is 2. The second kappa shape index (κ2) is 9.50. The van der Waals surface area contributed by atoms with Crippen LogP contribution in [-0.4, -0.2) is 54.8 Å². The number of rotatable bonds is 10. The summed E-state index contributed by atoms with van der Waals surface area (Å²) in [7, 11) is 1.63. The van der Waals surface area contributed by atoms with Crippen LogP contribution >= 0.6 is 0 Å². The van der Waals surface area contributed by atoms with Gasteiger partial charge in [0.1, 0.15) is 19.0 Å². The third kappa shape index (κ3) is 5.71. The molecule has 0 bridgehead atoms. The van der Waals surface area contributed by atoms with Crippen LogP contribution in [0.2, 0.25) is 0 Å². The van der Waals surface area contributed by atoms with E-state index in [2.05, 4.69) is 34.0 Å². The number of likely N-dealkylation sites (N-methyl/N-ethyl adjacent to an activating group) is 1. The highest BCUT2D eigenvalue weighted by Gasteiger charge is 2.06. The third-order valence-corrected chi connectivity index (χ3v) is 2.93. The first kappa shape index (κ1) is 16.7. The lowest BCUT2D eigenvalue weighted by atomic mass is 10.4. The topological polar surface area (TPSA) is 59.5 Å². The maximum Gasteiger partial charge on any atom is 0.218 e. The van der Waals surface area contributed by atoms with E-state index < -0.39 is 0 Å². The summed E-state index contributed by atoms with van der Waals surface area (Å²) >= 11 is 0. The molecule has 20 heavy (non-hydrogen) atoms. The van der Waals surface area contributed by atoms with Crippen molar-refractivity contribution in [1.82, 2.24) is 14.9 Å². The molecule has 0 fully saturated rings. The smallest absolute Gasteiger partial charge is 0.218 e. The maximum atomic E-state index is 5.73. The van der Waals surface area contributed by atoms with Gasteiger partial charge in [0.05, 0.1) is 0 Å². The summed E-state index contributed by atoms with van der Waals surface area (Å²) in [4.78, 5) is 11.0. The zero-order valence-electron chi connectivity index (χ0n) is 13.0. The molecular weight excluding hydrogens is 256 g/mol. The number of hydrogen-bond acceptors (Lipinski definition) is 6. The van der Waals surface area contributed by atoms with Gasteiger partial charge in [-0.2, -0.15) is 4.98 Å². The molecule has 1 heterocycles. The fourth-order valence-corrected chi connectivity index (χ4v) is 1.83. The Balaban J connectivity index is 2.62. The van der Waals surface area contributed by atoms with Crippen molar-refractivity contribution in [1.29, 1.82) is 0 Å². The molecule has 6 heteroatoms. The average Bonchev–Trinajstić information content (AvgIpc) is 2.44. The van der Waals surface area contributed by atoms with Gasteiger partial charge in [0.2, 0.25) is 5.88 Å². The summed E-state index contributed by atoms with van der Waals surface area (Å²) in [5.41, 5.74) is 0. The SMILES string of the molecule is CCNc1cc(OCCN(CC)CC)nc(COC)n1. The van der Waals surface area contributed by atoms with Crippen LogP contribution in [-0.2, 0) is 11.3 Å². The van der Waals surface area contributed by atoms with Gasteiger partial charge in [0, 0.05) is 26.3 Å². The molecule has 0 amide bonds. The van der Waals surface area contributed by atoms with Crippen LogP contribution in [0.1, 0.15) is 26.6 Å². The first-order valence-corrected chi connectivity index (χ1v) is 7.19. The lowest BCUT2D eigenvalue weighted by Gasteiger charge is -2.18. The first-order chi connectivity index (χ1) is 9.73. The number of anilines is 1. The molecule has 1 aromatic rings. The van der Waals surface area contributed by atoms with Gasteiger partial charge in [-0.15, -0.1) is 0 Å². The predicted molar refractivity (Wildman–Crippen MR) is 80.2 cm³/mol. The molecule has 1 aromatic heterocycles. The summed E-state index contributed by atoms with van der Waals surface area (Å²) in [5, 5.41) is 3.17. The largest absolute Gasteiger partial charge is 0.476 e. The Labute approximate surface area is 121 Å². The highest BCUT2D eigenvalue weighted by atomic mass is 16.5. The van der Waals surface area contributed by atoms with E-state index in [1.54, 1.807) is 7.11 Å². The molecule has 0 aliphatic carbocycles. The van der Waals surface area contributed by atoms with Crippen molar-refractivity contribution in [3.63, 3.8) is 0 Å². The van der Waals surface area contributed by atoms with Crippen molar-refractivity contribution in [2.75, 3.05) is 45.2 Å². The quantitative estimate of drug-likeness (QED) is 0.706. The van der Waals surface area contributed by atoms with Crippen LogP contribution in [0.5, 0.6) is 5.88 Å². The summed E-state index contributed by atoms with van der Waals surface area (Å²) in [5.74, 6) is 1.99. The second-order valence-electron chi connectivity index (χ2n) is 4.35. The minimum Gasteiger partial charge on any atom is -0.476 e. The van der Waals surface area contributed by atoms with E-state index in [0.717, 1.165) is 32.0 Å². The molecule has 114 valence electrons. The Morgan fingerprint density at radius 1 is 1.20 bits per heavy atom. The van der Waals surface area contributed by atoms with Crippen LogP contribution in [0.4, 0.5) is 5.82 Å².